The zero-order valence-electron chi connectivity index (χ0n) is 13.6. The topological polar surface area (TPSA) is 53.4 Å². The van der Waals surface area contributed by atoms with Gasteiger partial charge in [-0.2, -0.15) is 5.10 Å². The molecule has 3 rings (SSSR count). The van der Waals surface area contributed by atoms with Crippen LogP contribution >= 0.6 is 34.8 Å². The van der Waals surface area contributed by atoms with Gasteiger partial charge in [0.2, 0.25) is 5.88 Å². The lowest BCUT2D eigenvalue weighted by Gasteiger charge is -2.08. The van der Waals surface area contributed by atoms with E-state index in [1.807, 2.05) is 0 Å². The Hall–Kier alpha value is -2.05. The number of halogens is 3. The highest BCUT2D eigenvalue weighted by Gasteiger charge is 2.17. The Labute approximate surface area is 165 Å². The smallest absolute Gasteiger partial charge is 0.344 e. The van der Waals surface area contributed by atoms with Gasteiger partial charge < -0.3 is 9.47 Å². The molecule has 26 heavy (non-hydrogen) atoms. The second kappa shape index (κ2) is 8.10. The summed E-state index contributed by atoms with van der Waals surface area (Å²) in [5, 5.41) is 5.56. The minimum atomic E-state index is -0.587. The maximum absolute atomic E-state index is 12.5. The lowest BCUT2D eigenvalue weighted by molar-refractivity contribution is 0.0723. The summed E-state index contributed by atoms with van der Waals surface area (Å²) in [4.78, 5) is 12.5. The fourth-order valence-electron chi connectivity index (χ4n) is 2.27. The lowest BCUT2D eigenvalue weighted by atomic mass is 10.2. The van der Waals surface area contributed by atoms with Gasteiger partial charge in [0.25, 0.3) is 0 Å². The van der Waals surface area contributed by atoms with E-state index in [2.05, 4.69) is 5.10 Å². The summed E-state index contributed by atoms with van der Waals surface area (Å²) in [6.45, 7) is 0.269. The highest BCUT2D eigenvalue weighted by molar-refractivity contribution is 6.42. The molecule has 0 atom stereocenters. The summed E-state index contributed by atoms with van der Waals surface area (Å²) in [6.07, 6.45) is 0. The first-order valence-corrected chi connectivity index (χ1v) is 8.62. The maximum Gasteiger partial charge on any atom is 0.344 e. The van der Waals surface area contributed by atoms with Crippen molar-refractivity contribution in [2.45, 2.75) is 6.61 Å². The van der Waals surface area contributed by atoms with Crippen LogP contribution in [0.4, 0.5) is 0 Å². The van der Waals surface area contributed by atoms with Crippen molar-refractivity contribution in [3.8, 4) is 11.6 Å². The molecule has 8 heteroatoms. The maximum atomic E-state index is 12.5. The van der Waals surface area contributed by atoms with E-state index in [4.69, 9.17) is 44.3 Å². The summed E-state index contributed by atoms with van der Waals surface area (Å²) >= 11 is 17.9. The molecular formula is C18H13Cl3N2O3. The van der Waals surface area contributed by atoms with Crippen molar-refractivity contribution in [2.75, 3.05) is 7.11 Å². The fourth-order valence-corrected chi connectivity index (χ4v) is 2.75. The molecule has 0 aliphatic rings. The van der Waals surface area contributed by atoms with Crippen molar-refractivity contribution in [2.24, 2.45) is 0 Å². The molecule has 0 N–H and O–H groups in total. The standard InChI is InChI=1S/C18H13Cl3N2O3/c1-25-10-13-9-17(23(22-13)14-4-2-3-12(19)8-14)26-18(24)11-5-6-15(20)16(21)7-11/h2-9H,10H2,1H3. The van der Waals surface area contributed by atoms with Crippen LogP contribution in [0.25, 0.3) is 5.69 Å². The van der Waals surface area contributed by atoms with Crippen LogP contribution in [0.3, 0.4) is 0 Å². The number of hydrogen-bond acceptors (Lipinski definition) is 4. The van der Waals surface area contributed by atoms with Gasteiger partial charge in [-0.05, 0) is 36.4 Å². The Balaban J connectivity index is 1.95. The van der Waals surface area contributed by atoms with Gasteiger partial charge in [-0.3, -0.25) is 0 Å². The number of rotatable bonds is 5. The quantitative estimate of drug-likeness (QED) is 0.542. The van der Waals surface area contributed by atoms with E-state index in [-0.39, 0.29) is 23.1 Å². The Kier molecular flexibility index (Phi) is 5.84. The lowest BCUT2D eigenvalue weighted by Crippen LogP contribution is -2.11. The molecule has 3 aromatic rings. The summed E-state index contributed by atoms with van der Waals surface area (Å²) in [6, 6.07) is 13.2. The number of aromatic nitrogens is 2. The third kappa shape index (κ3) is 4.19. The van der Waals surface area contributed by atoms with Gasteiger partial charge in [0.1, 0.15) is 0 Å². The van der Waals surface area contributed by atoms with E-state index in [1.165, 1.54) is 22.9 Å². The highest BCUT2D eigenvalue weighted by atomic mass is 35.5. The minimum absolute atomic E-state index is 0.232. The van der Waals surface area contributed by atoms with Crippen LogP contribution < -0.4 is 4.74 Å². The van der Waals surface area contributed by atoms with Gasteiger partial charge in [-0.1, -0.05) is 40.9 Å². The van der Waals surface area contributed by atoms with E-state index >= 15 is 0 Å². The SMILES string of the molecule is COCc1cc(OC(=O)c2ccc(Cl)c(Cl)c2)n(-c2cccc(Cl)c2)n1. The number of methoxy groups -OCH3 is 1. The third-order valence-corrected chi connectivity index (χ3v) is 4.40. The highest BCUT2D eigenvalue weighted by Crippen LogP contribution is 2.26. The molecule has 2 aromatic carbocycles. The summed E-state index contributed by atoms with van der Waals surface area (Å²) in [5.74, 6) is -0.355. The molecule has 0 radical (unpaired) electrons. The van der Waals surface area contributed by atoms with Crippen molar-refractivity contribution < 1.29 is 14.3 Å². The van der Waals surface area contributed by atoms with Gasteiger partial charge in [0.15, 0.2) is 0 Å². The number of esters is 1. The monoisotopic (exact) mass is 410 g/mol. The van der Waals surface area contributed by atoms with E-state index in [9.17, 15) is 4.79 Å². The average Bonchev–Trinajstić information content (AvgIpc) is 3.00. The van der Waals surface area contributed by atoms with Crippen LogP contribution in [0.1, 0.15) is 16.1 Å². The molecule has 0 unspecified atom stereocenters. The first-order valence-electron chi connectivity index (χ1n) is 7.49. The molecule has 0 aliphatic carbocycles. The number of ether oxygens (including phenoxy) is 2. The zero-order chi connectivity index (χ0) is 18.7. The van der Waals surface area contributed by atoms with Crippen molar-refractivity contribution in [3.05, 3.63) is 74.9 Å². The number of nitrogens with zero attached hydrogens (tertiary/aromatic N) is 2. The summed E-state index contributed by atoms with van der Waals surface area (Å²) in [7, 11) is 1.56. The fraction of sp³-hybridized carbons (Fsp3) is 0.111. The van der Waals surface area contributed by atoms with Crippen LogP contribution in [0.5, 0.6) is 5.88 Å². The van der Waals surface area contributed by atoms with Crippen molar-refractivity contribution >= 4 is 40.8 Å². The molecule has 0 saturated heterocycles. The summed E-state index contributed by atoms with van der Waals surface area (Å²) < 4.78 is 12.1. The number of benzene rings is 2. The predicted octanol–water partition coefficient (Wildman–Crippen LogP) is 5.20. The molecule has 0 saturated carbocycles. The molecule has 5 nitrogen and oxygen atoms in total. The molecule has 1 heterocycles. The van der Waals surface area contributed by atoms with Crippen LogP contribution in [0.15, 0.2) is 48.5 Å². The Morgan fingerprint density at radius 1 is 1.08 bits per heavy atom. The Morgan fingerprint density at radius 3 is 2.58 bits per heavy atom. The van der Waals surface area contributed by atoms with Crippen LogP contribution in [0.2, 0.25) is 15.1 Å². The van der Waals surface area contributed by atoms with Crippen LogP contribution in [0, 0.1) is 0 Å². The second-order valence-electron chi connectivity index (χ2n) is 5.32. The van der Waals surface area contributed by atoms with Crippen LogP contribution in [-0.2, 0) is 11.3 Å². The number of hydrogen-bond donors (Lipinski definition) is 0. The van der Waals surface area contributed by atoms with Gasteiger partial charge in [-0.15, -0.1) is 0 Å². The molecule has 0 bridgehead atoms. The Bertz CT molecular complexity index is 957. The van der Waals surface area contributed by atoms with Gasteiger partial charge in [0.05, 0.1) is 33.6 Å². The minimum Gasteiger partial charge on any atom is -0.404 e. The molecule has 1 aromatic heterocycles. The van der Waals surface area contributed by atoms with Gasteiger partial charge in [0, 0.05) is 18.2 Å². The summed E-state index contributed by atoms with van der Waals surface area (Å²) in [5.41, 5.74) is 1.52. The molecule has 134 valence electrons. The first-order chi connectivity index (χ1) is 12.5. The molecule has 0 aliphatic heterocycles. The predicted molar refractivity (Wildman–Crippen MR) is 101 cm³/mol. The van der Waals surface area contributed by atoms with Crippen molar-refractivity contribution in [3.63, 3.8) is 0 Å². The van der Waals surface area contributed by atoms with Gasteiger partial charge in [-0.25, -0.2) is 9.48 Å². The van der Waals surface area contributed by atoms with E-state index in [0.29, 0.717) is 21.4 Å². The van der Waals surface area contributed by atoms with Crippen LogP contribution in [-0.4, -0.2) is 22.9 Å². The zero-order valence-corrected chi connectivity index (χ0v) is 15.8. The normalized spacial score (nSPS) is 10.8. The van der Waals surface area contributed by atoms with Gasteiger partial charge >= 0.3 is 5.97 Å². The first kappa shape index (κ1) is 18.7. The molecule has 0 amide bonds. The molecule has 0 spiro atoms. The second-order valence-corrected chi connectivity index (χ2v) is 6.57. The average molecular weight is 412 g/mol. The van der Waals surface area contributed by atoms with Crippen molar-refractivity contribution in [1.29, 1.82) is 0 Å². The van der Waals surface area contributed by atoms with E-state index in [0.717, 1.165) is 0 Å². The van der Waals surface area contributed by atoms with E-state index < -0.39 is 5.97 Å². The number of carbonyl (C=O) groups excluding carboxylic acids is 1. The van der Waals surface area contributed by atoms with Crippen molar-refractivity contribution in [1.82, 2.24) is 9.78 Å². The number of carbonyl (C=O) groups is 1. The molecule has 0 fully saturated rings. The molecular weight excluding hydrogens is 399 g/mol. The largest absolute Gasteiger partial charge is 0.404 e. The van der Waals surface area contributed by atoms with E-state index in [1.54, 1.807) is 37.4 Å². The Morgan fingerprint density at radius 2 is 1.88 bits per heavy atom. The third-order valence-electron chi connectivity index (χ3n) is 3.42.